The number of aromatic nitrogens is 2. The molecular weight excluding hydrogens is 256 g/mol. The van der Waals surface area contributed by atoms with Crippen LogP contribution in [0.2, 0.25) is 0 Å². The van der Waals surface area contributed by atoms with Crippen LogP contribution in [-0.2, 0) is 4.79 Å². The van der Waals surface area contributed by atoms with Crippen molar-refractivity contribution in [2.45, 2.75) is 12.5 Å². The van der Waals surface area contributed by atoms with Crippen LogP contribution in [0.4, 0.5) is 5.69 Å². The van der Waals surface area contributed by atoms with Gasteiger partial charge in [-0.15, -0.1) is 0 Å². The summed E-state index contributed by atoms with van der Waals surface area (Å²) in [7, 11) is 1.95. The number of fused-ring (bicyclic) bond motifs is 1. The van der Waals surface area contributed by atoms with Crippen LogP contribution >= 0.6 is 0 Å². The topological polar surface area (TPSA) is 69.9 Å². The zero-order valence-corrected chi connectivity index (χ0v) is 11.4. The largest absolute Gasteiger partial charge is 0.391 e. The highest BCUT2D eigenvalue weighted by atomic mass is 16.3. The minimum atomic E-state index is -0.420. The van der Waals surface area contributed by atoms with Gasteiger partial charge in [-0.1, -0.05) is 0 Å². The molecule has 3 rings (SSSR count). The van der Waals surface area contributed by atoms with E-state index >= 15 is 0 Å². The minimum absolute atomic E-state index is 0.00430. The Morgan fingerprint density at radius 1 is 1.50 bits per heavy atom. The predicted molar refractivity (Wildman–Crippen MR) is 75.4 cm³/mol. The van der Waals surface area contributed by atoms with Gasteiger partial charge in [-0.25, -0.2) is 4.52 Å². The Morgan fingerprint density at radius 3 is 3.10 bits per heavy atom. The fourth-order valence-electron chi connectivity index (χ4n) is 2.76. The fraction of sp³-hybridized carbons (Fsp3) is 0.429. The number of anilines is 1. The standard InChI is InChI=1S/C14H18N4O2/c1-17-8-10(13(19)9-17)7-14(20)16-11-3-2-6-18-12(11)4-5-15-18/h2-6,10,13,19H,7-9H2,1H3,(H,16,20)/t10-,13-/m1/s1. The first-order valence-electron chi connectivity index (χ1n) is 6.72. The quantitative estimate of drug-likeness (QED) is 0.859. The van der Waals surface area contributed by atoms with E-state index in [4.69, 9.17) is 0 Å². The molecular formula is C14H18N4O2. The number of β-amino-alcohol motifs (C(OH)–C–C–N with tert-alkyl or cyclic N) is 1. The third-order valence-electron chi connectivity index (χ3n) is 3.75. The Bertz CT molecular complexity index is 624. The van der Waals surface area contributed by atoms with Crippen molar-refractivity contribution in [1.29, 1.82) is 0 Å². The molecule has 20 heavy (non-hydrogen) atoms. The van der Waals surface area contributed by atoms with Crippen LogP contribution in [0.1, 0.15) is 6.42 Å². The Balaban J connectivity index is 1.69. The van der Waals surface area contributed by atoms with Crippen LogP contribution in [0.3, 0.4) is 0 Å². The van der Waals surface area contributed by atoms with E-state index in [1.807, 2.05) is 36.3 Å². The molecule has 0 saturated carbocycles. The molecule has 2 N–H and O–H groups in total. The highest BCUT2D eigenvalue weighted by Gasteiger charge is 2.30. The molecule has 2 atom stereocenters. The molecule has 0 spiro atoms. The molecule has 1 fully saturated rings. The van der Waals surface area contributed by atoms with Gasteiger partial charge in [-0.2, -0.15) is 5.10 Å². The van der Waals surface area contributed by atoms with Crippen molar-refractivity contribution in [3.8, 4) is 0 Å². The lowest BCUT2D eigenvalue weighted by Gasteiger charge is -2.13. The van der Waals surface area contributed by atoms with Crippen LogP contribution in [0.15, 0.2) is 30.6 Å². The number of carbonyl (C=O) groups is 1. The van der Waals surface area contributed by atoms with Crippen LogP contribution in [0.25, 0.3) is 5.52 Å². The van der Waals surface area contributed by atoms with Gasteiger partial charge >= 0.3 is 0 Å². The minimum Gasteiger partial charge on any atom is -0.391 e. The van der Waals surface area contributed by atoms with E-state index < -0.39 is 6.10 Å². The molecule has 1 aliphatic rings. The number of hydrogen-bond donors (Lipinski definition) is 2. The number of nitrogens with one attached hydrogen (secondary N) is 1. The number of pyridine rings is 1. The van der Waals surface area contributed by atoms with E-state index in [9.17, 15) is 9.90 Å². The van der Waals surface area contributed by atoms with E-state index in [1.54, 1.807) is 10.7 Å². The first-order chi connectivity index (χ1) is 9.63. The van der Waals surface area contributed by atoms with Crippen molar-refractivity contribution < 1.29 is 9.90 Å². The third-order valence-corrected chi connectivity index (χ3v) is 3.75. The Labute approximate surface area is 117 Å². The van der Waals surface area contributed by atoms with Crippen molar-refractivity contribution in [2.75, 3.05) is 25.5 Å². The van der Waals surface area contributed by atoms with Crippen molar-refractivity contribution in [3.63, 3.8) is 0 Å². The Morgan fingerprint density at radius 2 is 2.35 bits per heavy atom. The van der Waals surface area contributed by atoms with Gasteiger partial charge in [0.05, 0.1) is 23.5 Å². The summed E-state index contributed by atoms with van der Waals surface area (Å²) in [6.07, 6.45) is 3.44. The van der Waals surface area contributed by atoms with Crippen LogP contribution in [-0.4, -0.2) is 51.8 Å². The highest BCUT2D eigenvalue weighted by molar-refractivity contribution is 5.95. The van der Waals surface area contributed by atoms with Crippen molar-refractivity contribution in [3.05, 3.63) is 30.6 Å². The van der Waals surface area contributed by atoms with Gasteiger partial charge in [-0.05, 0) is 25.2 Å². The lowest BCUT2D eigenvalue weighted by Crippen LogP contribution is -2.24. The molecule has 6 heteroatoms. The molecule has 6 nitrogen and oxygen atoms in total. The maximum absolute atomic E-state index is 12.1. The Kier molecular flexibility index (Phi) is 3.42. The number of hydrogen-bond acceptors (Lipinski definition) is 4. The number of likely N-dealkylation sites (N-methyl/N-ethyl adjacent to an activating group) is 1. The van der Waals surface area contributed by atoms with E-state index in [0.717, 1.165) is 17.7 Å². The molecule has 0 unspecified atom stereocenters. The maximum Gasteiger partial charge on any atom is 0.224 e. The van der Waals surface area contributed by atoms with Gasteiger partial charge in [0, 0.05) is 31.6 Å². The van der Waals surface area contributed by atoms with Crippen LogP contribution in [0, 0.1) is 5.92 Å². The molecule has 0 aromatic carbocycles. The van der Waals surface area contributed by atoms with E-state index in [0.29, 0.717) is 13.0 Å². The fourth-order valence-corrected chi connectivity index (χ4v) is 2.76. The van der Waals surface area contributed by atoms with Crippen LogP contribution < -0.4 is 5.32 Å². The molecule has 3 heterocycles. The maximum atomic E-state index is 12.1. The summed E-state index contributed by atoms with van der Waals surface area (Å²) in [6, 6.07) is 5.55. The van der Waals surface area contributed by atoms with Gasteiger partial charge in [-0.3, -0.25) is 4.79 Å². The number of likely N-dealkylation sites (tertiary alicyclic amines) is 1. The lowest BCUT2D eigenvalue weighted by atomic mass is 10.0. The predicted octanol–water partition coefficient (Wildman–Crippen LogP) is 0.585. The second-order valence-electron chi connectivity index (χ2n) is 5.38. The summed E-state index contributed by atoms with van der Waals surface area (Å²) in [4.78, 5) is 14.2. The van der Waals surface area contributed by atoms with Gasteiger partial charge < -0.3 is 15.3 Å². The average Bonchev–Trinajstić information content (AvgIpc) is 2.97. The zero-order chi connectivity index (χ0) is 14.1. The molecule has 0 bridgehead atoms. The van der Waals surface area contributed by atoms with Crippen molar-refractivity contribution in [1.82, 2.24) is 14.5 Å². The molecule has 1 saturated heterocycles. The summed E-state index contributed by atoms with van der Waals surface area (Å²) in [5, 5.41) is 16.9. The van der Waals surface area contributed by atoms with Gasteiger partial charge in [0.1, 0.15) is 0 Å². The third kappa shape index (κ3) is 2.52. The summed E-state index contributed by atoms with van der Waals surface area (Å²) in [6.45, 7) is 1.39. The SMILES string of the molecule is CN1C[C@@H](CC(=O)Nc2cccn3nccc23)[C@H](O)C1. The number of rotatable bonds is 3. The summed E-state index contributed by atoms with van der Waals surface area (Å²) < 4.78 is 1.72. The first-order valence-corrected chi connectivity index (χ1v) is 6.72. The second kappa shape index (κ2) is 5.22. The van der Waals surface area contributed by atoms with Gasteiger partial charge in [0.2, 0.25) is 5.91 Å². The average molecular weight is 274 g/mol. The van der Waals surface area contributed by atoms with Crippen LogP contribution in [0.5, 0.6) is 0 Å². The Hall–Kier alpha value is -1.92. The van der Waals surface area contributed by atoms with E-state index in [2.05, 4.69) is 10.4 Å². The summed E-state index contributed by atoms with van der Waals surface area (Å²) in [5.74, 6) is -0.0664. The van der Waals surface area contributed by atoms with Gasteiger partial charge in [0.25, 0.3) is 0 Å². The molecule has 2 aromatic rings. The lowest BCUT2D eigenvalue weighted by molar-refractivity contribution is -0.117. The molecule has 1 aliphatic heterocycles. The monoisotopic (exact) mass is 274 g/mol. The van der Waals surface area contributed by atoms with Crippen molar-refractivity contribution >= 4 is 17.1 Å². The number of nitrogens with zero attached hydrogens (tertiary/aromatic N) is 3. The summed E-state index contributed by atoms with van der Waals surface area (Å²) >= 11 is 0. The molecule has 0 aliphatic carbocycles. The summed E-state index contributed by atoms with van der Waals surface area (Å²) in [5.41, 5.74) is 1.61. The zero-order valence-electron chi connectivity index (χ0n) is 11.4. The molecule has 2 aromatic heterocycles. The smallest absolute Gasteiger partial charge is 0.224 e. The number of aliphatic hydroxyl groups excluding tert-OH is 1. The van der Waals surface area contributed by atoms with E-state index in [1.165, 1.54) is 0 Å². The number of amides is 1. The highest BCUT2D eigenvalue weighted by Crippen LogP contribution is 2.21. The second-order valence-corrected chi connectivity index (χ2v) is 5.38. The number of carbonyl (C=O) groups excluding carboxylic acids is 1. The molecule has 1 amide bonds. The molecule has 106 valence electrons. The normalized spacial score (nSPS) is 23.3. The van der Waals surface area contributed by atoms with E-state index in [-0.39, 0.29) is 11.8 Å². The first kappa shape index (κ1) is 13.1. The molecule has 0 radical (unpaired) electrons. The van der Waals surface area contributed by atoms with Crippen molar-refractivity contribution in [2.24, 2.45) is 5.92 Å². The van der Waals surface area contributed by atoms with Gasteiger partial charge in [0.15, 0.2) is 0 Å². The number of aliphatic hydroxyl groups is 1.